The molecule has 0 spiro atoms. The van der Waals surface area contributed by atoms with Gasteiger partial charge in [-0.05, 0) is 18.6 Å². The molecule has 24 heavy (non-hydrogen) atoms. The molecule has 1 aromatic carbocycles. The Morgan fingerprint density at radius 2 is 2.12 bits per heavy atom. The van der Waals surface area contributed by atoms with Gasteiger partial charge in [-0.3, -0.25) is 4.68 Å². The third-order valence-electron chi connectivity index (χ3n) is 3.60. The summed E-state index contributed by atoms with van der Waals surface area (Å²) in [4.78, 5) is 8.55. The van der Waals surface area contributed by atoms with Crippen LogP contribution in [0.25, 0.3) is 0 Å². The maximum absolute atomic E-state index is 13.8. The lowest BCUT2D eigenvalue weighted by molar-refractivity contribution is 0.556. The molecule has 0 radical (unpaired) electrons. The van der Waals surface area contributed by atoms with Crippen molar-refractivity contribution in [1.82, 2.24) is 25.4 Å². The fraction of sp³-hybridized carbons (Fsp3) is 0.438. The van der Waals surface area contributed by atoms with Gasteiger partial charge in [-0.25, -0.2) is 18.8 Å². The average Bonchev–Trinajstić information content (AvgIpc) is 2.95. The monoisotopic (exact) mass is 336 g/mol. The predicted octanol–water partition coefficient (Wildman–Crippen LogP) is 1.95. The third kappa shape index (κ3) is 4.74. The topological polar surface area (TPSA) is 67.1 Å². The Labute approximate surface area is 140 Å². The second-order valence-corrected chi connectivity index (χ2v) is 5.44. The summed E-state index contributed by atoms with van der Waals surface area (Å²) in [5.41, 5.74) is 0.466. The van der Waals surface area contributed by atoms with Crippen molar-refractivity contribution in [2.75, 3.05) is 13.1 Å². The van der Waals surface area contributed by atoms with Gasteiger partial charge in [0.2, 0.25) is 0 Å². The lowest BCUT2D eigenvalue weighted by Crippen LogP contribution is -2.39. The van der Waals surface area contributed by atoms with E-state index in [1.54, 1.807) is 11.7 Å². The van der Waals surface area contributed by atoms with Gasteiger partial charge in [0.15, 0.2) is 5.96 Å². The van der Waals surface area contributed by atoms with Crippen LogP contribution in [0.4, 0.5) is 8.78 Å². The fourth-order valence-electron chi connectivity index (χ4n) is 2.22. The number of nitrogens with one attached hydrogen (secondary N) is 2. The van der Waals surface area contributed by atoms with Gasteiger partial charge >= 0.3 is 0 Å². The van der Waals surface area contributed by atoms with Crippen LogP contribution in [0.2, 0.25) is 0 Å². The van der Waals surface area contributed by atoms with E-state index in [0.29, 0.717) is 31.2 Å². The molecule has 2 aromatic rings. The summed E-state index contributed by atoms with van der Waals surface area (Å²) in [7, 11) is 1.80. The van der Waals surface area contributed by atoms with E-state index >= 15 is 0 Å². The zero-order chi connectivity index (χ0) is 17.5. The Kier molecular flexibility index (Phi) is 6.22. The predicted molar refractivity (Wildman–Crippen MR) is 88.6 cm³/mol. The number of benzene rings is 1. The van der Waals surface area contributed by atoms with Crippen molar-refractivity contribution in [3.05, 3.63) is 47.5 Å². The molecule has 0 bridgehead atoms. The Bertz CT molecular complexity index is 698. The van der Waals surface area contributed by atoms with Gasteiger partial charge in [0.1, 0.15) is 30.3 Å². The second kappa shape index (κ2) is 8.37. The highest BCUT2D eigenvalue weighted by atomic mass is 19.1. The minimum Gasteiger partial charge on any atom is -0.357 e. The maximum atomic E-state index is 13.8. The molecule has 0 amide bonds. The van der Waals surface area contributed by atoms with E-state index < -0.39 is 11.6 Å². The minimum absolute atomic E-state index is 0.135. The van der Waals surface area contributed by atoms with Gasteiger partial charge < -0.3 is 10.6 Å². The van der Waals surface area contributed by atoms with Crippen LogP contribution >= 0.6 is 0 Å². The van der Waals surface area contributed by atoms with Crippen LogP contribution in [0.1, 0.15) is 31.2 Å². The molecule has 0 fully saturated rings. The molecule has 2 rings (SSSR count). The van der Waals surface area contributed by atoms with Gasteiger partial charge in [0.05, 0.1) is 0 Å². The molecular weight excluding hydrogens is 314 g/mol. The van der Waals surface area contributed by atoms with Crippen LogP contribution in [-0.4, -0.2) is 33.8 Å². The largest absolute Gasteiger partial charge is 0.357 e. The molecule has 1 unspecified atom stereocenters. The van der Waals surface area contributed by atoms with E-state index in [2.05, 4.69) is 25.7 Å². The maximum Gasteiger partial charge on any atom is 0.191 e. The zero-order valence-electron chi connectivity index (χ0n) is 14.1. The van der Waals surface area contributed by atoms with Gasteiger partial charge in [-0.1, -0.05) is 13.0 Å². The highest BCUT2D eigenvalue weighted by molar-refractivity contribution is 5.79. The molecule has 1 atom stereocenters. The number of rotatable bonds is 6. The molecule has 8 heteroatoms. The standard InChI is InChI=1S/C16H22F2N6/c1-4-19-16(21-9-15-22-10-23-24(15)3)20-8-11(2)13-6-5-12(17)7-14(13)18/h5-7,10-11H,4,8-9H2,1-3H3,(H2,19,20,21). The normalized spacial score (nSPS) is 13.0. The first-order chi connectivity index (χ1) is 11.5. The van der Waals surface area contributed by atoms with E-state index in [1.807, 2.05) is 13.8 Å². The number of nitrogens with zero attached hydrogens (tertiary/aromatic N) is 4. The van der Waals surface area contributed by atoms with Crippen LogP contribution in [0.15, 0.2) is 29.5 Å². The summed E-state index contributed by atoms with van der Waals surface area (Å²) in [6.45, 7) is 5.38. The van der Waals surface area contributed by atoms with Gasteiger partial charge in [0.25, 0.3) is 0 Å². The Balaban J connectivity index is 1.98. The second-order valence-electron chi connectivity index (χ2n) is 5.44. The van der Waals surface area contributed by atoms with Crippen LogP contribution in [0, 0.1) is 11.6 Å². The summed E-state index contributed by atoms with van der Waals surface area (Å²) >= 11 is 0. The summed E-state index contributed by atoms with van der Waals surface area (Å²) in [5, 5.41) is 10.3. The first-order valence-corrected chi connectivity index (χ1v) is 7.81. The van der Waals surface area contributed by atoms with Crippen LogP contribution < -0.4 is 10.6 Å². The van der Waals surface area contributed by atoms with Crippen molar-refractivity contribution in [3.8, 4) is 0 Å². The van der Waals surface area contributed by atoms with E-state index in [0.717, 1.165) is 11.9 Å². The van der Waals surface area contributed by atoms with Crippen LogP contribution in [0.5, 0.6) is 0 Å². The molecule has 0 aliphatic carbocycles. The smallest absolute Gasteiger partial charge is 0.191 e. The van der Waals surface area contributed by atoms with Gasteiger partial charge in [0, 0.05) is 32.1 Å². The fourth-order valence-corrected chi connectivity index (χ4v) is 2.22. The molecule has 0 aliphatic heterocycles. The molecular formula is C16H22F2N6. The van der Waals surface area contributed by atoms with E-state index in [1.165, 1.54) is 18.5 Å². The lowest BCUT2D eigenvalue weighted by atomic mass is 10.0. The molecule has 0 saturated carbocycles. The summed E-state index contributed by atoms with van der Waals surface area (Å²) in [5.74, 6) is 0.101. The third-order valence-corrected chi connectivity index (χ3v) is 3.60. The van der Waals surface area contributed by atoms with E-state index in [4.69, 9.17) is 0 Å². The highest BCUT2D eigenvalue weighted by Gasteiger charge is 2.12. The summed E-state index contributed by atoms with van der Waals surface area (Å²) in [6, 6.07) is 3.64. The highest BCUT2D eigenvalue weighted by Crippen LogP contribution is 2.19. The molecule has 1 aromatic heterocycles. The number of aromatic nitrogens is 3. The molecule has 2 N–H and O–H groups in total. The van der Waals surface area contributed by atoms with E-state index in [9.17, 15) is 8.78 Å². The number of aryl methyl sites for hydroxylation is 1. The van der Waals surface area contributed by atoms with Crippen molar-refractivity contribution >= 4 is 5.96 Å². The average molecular weight is 336 g/mol. The van der Waals surface area contributed by atoms with Crippen LogP contribution in [-0.2, 0) is 13.6 Å². The zero-order valence-corrected chi connectivity index (χ0v) is 14.1. The Morgan fingerprint density at radius 1 is 1.33 bits per heavy atom. The number of guanidine groups is 1. The number of hydrogen-bond acceptors (Lipinski definition) is 3. The van der Waals surface area contributed by atoms with Crippen LogP contribution in [0.3, 0.4) is 0 Å². The SMILES string of the molecule is CCNC(=NCc1ncnn1C)NCC(C)c1ccc(F)cc1F. The number of halogens is 2. The summed E-state index contributed by atoms with van der Waals surface area (Å²) < 4.78 is 28.5. The number of aliphatic imine (C=N–C) groups is 1. The van der Waals surface area contributed by atoms with Gasteiger partial charge in [-0.15, -0.1) is 0 Å². The van der Waals surface area contributed by atoms with Gasteiger partial charge in [-0.2, -0.15) is 5.10 Å². The van der Waals surface area contributed by atoms with E-state index in [-0.39, 0.29) is 5.92 Å². The van der Waals surface area contributed by atoms with Crippen molar-refractivity contribution in [2.45, 2.75) is 26.3 Å². The van der Waals surface area contributed by atoms with Crippen molar-refractivity contribution < 1.29 is 8.78 Å². The Morgan fingerprint density at radius 3 is 2.75 bits per heavy atom. The molecule has 1 heterocycles. The van der Waals surface area contributed by atoms with Crippen molar-refractivity contribution in [1.29, 1.82) is 0 Å². The molecule has 6 nitrogen and oxygen atoms in total. The molecule has 130 valence electrons. The Hall–Kier alpha value is -2.51. The first-order valence-electron chi connectivity index (χ1n) is 7.81. The quantitative estimate of drug-likeness (QED) is 0.625. The lowest BCUT2D eigenvalue weighted by Gasteiger charge is -2.16. The molecule has 0 aliphatic rings. The first kappa shape index (κ1) is 17.8. The minimum atomic E-state index is -0.574. The van der Waals surface area contributed by atoms with Crippen molar-refractivity contribution in [2.24, 2.45) is 12.0 Å². The summed E-state index contributed by atoms with van der Waals surface area (Å²) in [6.07, 6.45) is 1.48. The molecule has 0 saturated heterocycles. The number of hydrogen-bond donors (Lipinski definition) is 2. The van der Waals surface area contributed by atoms with Crippen molar-refractivity contribution in [3.63, 3.8) is 0 Å².